The maximum absolute atomic E-state index is 12.0. The van der Waals surface area contributed by atoms with Crippen molar-refractivity contribution in [1.29, 1.82) is 0 Å². The monoisotopic (exact) mass is 453 g/mol. The molecule has 0 aromatic heterocycles. The third kappa shape index (κ3) is 5.75. The van der Waals surface area contributed by atoms with Gasteiger partial charge in [0.15, 0.2) is 0 Å². The van der Waals surface area contributed by atoms with Crippen molar-refractivity contribution in [3.8, 4) is 11.5 Å². The van der Waals surface area contributed by atoms with Crippen molar-refractivity contribution in [3.63, 3.8) is 0 Å². The van der Waals surface area contributed by atoms with Crippen molar-refractivity contribution in [2.45, 2.75) is 13.3 Å². The van der Waals surface area contributed by atoms with Crippen LogP contribution >= 0.6 is 22.6 Å². The van der Waals surface area contributed by atoms with Crippen molar-refractivity contribution in [2.75, 3.05) is 5.32 Å². The Kier molecular flexibility index (Phi) is 6.34. The molecule has 0 bridgehead atoms. The Morgan fingerprint density at radius 2 is 1.92 bits per heavy atom. The van der Waals surface area contributed by atoms with E-state index in [4.69, 9.17) is 0 Å². The lowest BCUT2D eigenvalue weighted by molar-refractivity contribution is -0.115. The molecule has 0 aliphatic heterocycles. The maximum atomic E-state index is 12.0. The molecule has 2 aromatic rings. The van der Waals surface area contributed by atoms with E-state index < -0.39 is 5.91 Å². The average molecular weight is 453 g/mol. The van der Waals surface area contributed by atoms with Gasteiger partial charge in [-0.15, -0.1) is 0 Å². The van der Waals surface area contributed by atoms with Gasteiger partial charge >= 0.3 is 0 Å². The van der Waals surface area contributed by atoms with E-state index >= 15 is 0 Å². The molecule has 2 aromatic carbocycles. The highest BCUT2D eigenvalue weighted by Gasteiger charge is 2.11. The molecule has 0 radical (unpaired) electrons. The van der Waals surface area contributed by atoms with E-state index in [2.05, 4.69) is 38.4 Å². The van der Waals surface area contributed by atoms with E-state index in [1.165, 1.54) is 12.1 Å². The standard InChI is InChI=1S/C17H16IN3O4/c1-10(7-16(24)19-12-4-2-3-11(18)8-12)20-21-17(25)14-6-5-13(22)9-15(14)23/h2-6,8-9,22-23H,7H2,1H3,(H,19,24)(H,21,25). The van der Waals surface area contributed by atoms with Gasteiger partial charge in [-0.05, 0) is 59.8 Å². The van der Waals surface area contributed by atoms with Gasteiger partial charge in [0.1, 0.15) is 11.5 Å². The Hall–Kier alpha value is -2.62. The van der Waals surface area contributed by atoms with Gasteiger partial charge in [0, 0.05) is 21.0 Å². The van der Waals surface area contributed by atoms with Crippen LogP contribution in [0, 0.1) is 3.57 Å². The minimum absolute atomic E-state index is 0.00726. The fourth-order valence-electron chi connectivity index (χ4n) is 1.96. The van der Waals surface area contributed by atoms with Crippen LogP contribution in [-0.4, -0.2) is 27.7 Å². The number of nitrogens with zero attached hydrogens (tertiary/aromatic N) is 1. The summed E-state index contributed by atoms with van der Waals surface area (Å²) < 4.78 is 1.00. The topological polar surface area (TPSA) is 111 Å². The fourth-order valence-corrected chi connectivity index (χ4v) is 2.50. The molecule has 0 aliphatic carbocycles. The molecule has 7 nitrogen and oxygen atoms in total. The Morgan fingerprint density at radius 1 is 1.16 bits per heavy atom. The minimum atomic E-state index is -0.644. The van der Waals surface area contributed by atoms with Gasteiger partial charge < -0.3 is 15.5 Å². The summed E-state index contributed by atoms with van der Waals surface area (Å²) in [7, 11) is 0. The van der Waals surface area contributed by atoms with Crippen molar-refractivity contribution in [2.24, 2.45) is 5.10 Å². The van der Waals surface area contributed by atoms with Gasteiger partial charge in [0.25, 0.3) is 5.91 Å². The zero-order valence-corrected chi connectivity index (χ0v) is 15.4. The van der Waals surface area contributed by atoms with Gasteiger partial charge in [0.05, 0.1) is 12.0 Å². The number of amides is 2. The molecular formula is C17H16IN3O4. The van der Waals surface area contributed by atoms with Crippen molar-refractivity contribution in [3.05, 3.63) is 51.6 Å². The second-order valence-corrected chi connectivity index (χ2v) is 6.47. The van der Waals surface area contributed by atoms with E-state index in [9.17, 15) is 19.8 Å². The molecule has 0 aliphatic rings. The number of rotatable bonds is 5. The first-order chi connectivity index (χ1) is 11.8. The quantitative estimate of drug-likeness (QED) is 0.317. The molecule has 0 saturated carbocycles. The Balaban J connectivity index is 1.92. The second-order valence-electron chi connectivity index (χ2n) is 5.22. The summed E-state index contributed by atoms with van der Waals surface area (Å²) in [6.45, 7) is 1.60. The van der Waals surface area contributed by atoms with Crippen LogP contribution in [0.4, 0.5) is 5.69 Å². The van der Waals surface area contributed by atoms with Crippen LogP contribution in [0.5, 0.6) is 11.5 Å². The first-order valence-electron chi connectivity index (χ1n) is 7.26. The summed E-state index contributed by atoms with van der Waals surface area (Å²) in [5.74, 6) is -1.41. The smallest absolute Gasteiger partial charge is 0.275 e. The van der Waals surface area contributed by atoms with Crippen LogP contribution in [0.15, 0.2) is 47.6 Å². The average Bonchev–Trinajstić information content (AvgIpc) is 2.52. The highest BCUT2D eigenvalue weighted by Crippen LogP contribution is 2.22. The number of hydrogen-bond acceptors (Lipinski definition) is 5. The molecule has 4 N–H and O–H groups in total. The number of hydrogen-bond donors (Lipinski definition) is 4. The predicted octanol–water partition coefficient (Wildman–Crippen LogP) is 2.84. The molecule has 0 spiro atoms. The molecule has 2 amide bonds. The molecule has 0 atom stereocenters. The molecule has 130 valence electrons. The van der Waals surface area contributed by atoms with Crippen molar-refractivity contribution < 1.29 is 19.8 Å². The SMILES string of the molecule is CC(CC(=O)Nc1cccc(I)c1)=NNC(=O)c1ccc(O)cc1O. The largest absolute Gasteiger partial charge is 0.508 e. The Labute approximate surface area is 157 Å². The summed E-state index contributed by atoms with van der Waals surface area (Å²) in [5.41, 5.74) is 3.31. The predicted molar refractivity (Wildman–Crippen MR) is 103 cm³/mol. The minimum Gasteiger partial charge on any atom is -0.508 e. The van der Waals surface area contributed by atoms with Gasteiger partial charge in [-0.25, -0.2) is 5.43 Å². The van der Waals surface area contributed by atoms with Crippen molar-refractivity contribution in [1.82, 2.24) is 5.43 Å². The highest BCUT2D eigenvalue weighted by molar-refractivity contribution is 14.1. The Morgan fingerprint density at radius 3 is 2.60 bits per heavy atom. The van der Waals surface area contributed by atoms with E-state index in [0.717, 1.165) is 9.64 Å². The molecule has 0 heterocycles. The number of phenolic OH excluding ortho intramolecular Hbond substituents is 2. The Bertz CT molecular complexity index is 836. The number of nitrogens with one attached hydrogen (secondary N) is 2. The van der Waals surface area contributed by atoms with Crippen LogP contribution in [0.3, 0.4) is 0 Å². The molecule has 8 heteroatoms. The molecule has 25 heavy (non-hydrogen) atoms. The number of halogens is 1. The van der Waals surface area contributed by atoms with E-state index in [1.807, 2.05) is 18.2 Å². The molecule has 2 rings (SSSR count). The fraction of sp³-hybridized carbons (Fsp3) is 0.118. The number of phenols is 2. The first-order valence-corrected chi connectivity index (χ1v) is 8.34. The van der Waals surface area contributed by atoms with Crippen LogP contribution in [0.25, 0.3) is 0 Å². The lowest BCUT2D eigenvalue weighted by atomic mass is 10.2. The van der Waals surface area contributed by atoms with Gasteiger partial charge in [-0.2, -0.15) is 5.10 Å². The molecule has 0 fully saturated rings. The van der Waals surface area contributed by atoms with Gasteiger partial charge in [0.2, 0.25) is 5.91 Å². The summed E-state index contributed by atoms with van der Waals surface area (Å²) >= 11 is 2.15. The van der Waals surface area contributed by atoms with Crippen molar-refractivity contribution >= 4 is 45.8 Å². The number of anilines is 1. The molecule has 0 unspecified atom stereocenters. The summed E-state index contributed by atoms with van der Waals surface area (Å²) in [4.78, 5) is 23.9. The number of carbonyl (C=O) groups excluding carboxylic acids is 2. The van der Waals surface area contributed by atoms with E-state index in [-0.39, 0.29) is 29.4 Å². The normalized spacial score (nSPS) is 11.0. The van der Waals surface area contributed by atoms with Crippen LogP contribution in [0.1, 0.15) is 23.7 Å². The molecule has 0 saturated heterocycles. The zero-order valence-electron chi connectivity index (χ0n) is 13.3. The molecular weight excluding hydrogens is 437 g/mol. The maximum Gasteiger partial charge on any atom is 0.275 e. The van der Waals surface area contributed by atoms with Gasteiger partial charge in [-0.1, -0.05) is 6.07 Å². The first kappa shape index (κ1) is 18.7. The summed E-state index contributed by atoms with van der Waals surface area (Å²) in [5, 5.41) is 25.4. The number of aromatic hydroxyl groups is 2. The number of carbonyl (C=O) groups is 2. The summed E-state index contributed by atoms with van der Waals surface area (Å²) in [6.07, 6.45) is 0.00726. The van der Waals surface area contributed by atoms with Gasteiger partial charge in [-0.3, -0.25) is 9.59 Å². The third-order valence-electron chi connectivity index (χ3n) is 3.10. The van der Waals surface area contributed by atoms with E-state index in [0.29, 0.717) is 11.4 Å². The third-order valence-corrected chi connectivity index (χ3v) is 3.77. The summed E-state index contributed by atoms with van der Waals surface area (Å²) in [6, 6.07) is 11.0. The van der Waals surface area contributed by atoms with Crippen LogP contribution < -0.4 is 10.7 Å². The number of benzene rings is 2. The van der Waals surface area contributed by atoms with Crippen LogP contribution in [0.2, 0.25) is 0 Å². The van der Waals surface area contributed by atoms with E-state index in [1.54, 1.807) is 13.0 Å². The zero-order chi connectivity index (χ0) is 18.4. The van der Waals surface area contributed by atoms with Crippen LogP contribution in [-0.2, 0) is 4.79 Å². The lowest BCUT2D eigenvalue weighted by Gasteiger charge is -2.06. The highest BCUT2D eigenvalue weighted by atomic mass is 127. The lowest BCUT2D eigenvalue weighted by Crippen LogP contribution is -2.21. The second kappa shape index (κ2) is 8.47. The number of hydrazone groups is 1.